The molecule has 1 aromatic heterocycles. The fourth-order valence-corrected chi connectivity index (χ4v) is 2.59. The summed E-state index contributed by atoms with van der Waals surface area (Å²) in [5.41, 5.74) is 2.19. The number of hydrogen-bond acceptors (Lipinski definition) is 4. The van der Waals surface area contributed by atoms with E-state index in [4.69, 9.17) is 0 Å². The SMILES string of the molecule is Brc1ccc(-c2cnc(N3CCCNCC3)nc2)cc1. The van der Waals surface area contributed by atoms with Gasteiger partial charge in [0.15, 0.2) is 0 Å². The second kappa shape index (κ2) is 6.33. The molecule has 0 aliphatic carbocycles. The molecule has 104 valence electrons. The van der Waals surface area contributed by atoms with Gasteiger partial charge in [0.25, 0.3) is 0 Å². The van der Waals surface area contributed by atoms with Crippen molar-refractivity contribution >= 4 is 21.9 Å². The summed E-state index contributed by atoms with van der Waals surface area (Å²) in [6, 6.07) is 8.20. The highest BCUT2D eigenvalue weighted by Crippen LogP contribution is 2.21. The normalized spacial score (nSPS) is 15.9. The van der Waals surface area contributed by atoms with Crippen molar-refractivity contribution in [2.24, 2.45) is 0 Å². The van der Waals surface area contributed by atoms with Crippen molar-refractivity contribution < 1.29 is 0 Å². The van der Waals surface area contributed by atoms with Crippen molar-refractivity contribution in [3.05, 3.63) is 41.1 Å². The Bertz CT molecular complexity index is 545. The minimum atomic E-state index is 0.828. The molecule has 1 aromatic carbocycles. The Kier molecular flexibility index (Phi) is 4.28. The molecule has 1 aliphatic heterocycles. The maximum atomic E-state index is 4.52. The minimum Gasteiger partial charge on any atom is -0.340 e. The van der Waals surface area contributed by atoms with E-state index < -0.39 is 0 Å². The Morgan fingerprint density at radius 2 is 1.70 bits per heavy atom. The number of halogens is 1. The van der Waals surface area contributed by atoms with Gasteiger partial charge in [0, 0.05) is 42.1 Å². The van der Waals surface area contributed by atoms with Crippen LogP contribution in [-0.2, 0) is 0 Å². The lowest BCUT2D eigenvalue weighted by molar-refractivity contribution is 0.724. The van der Waals surface area contributed by atoms with Gasteiger partial charge in [0.1, 0.15) is 0 Å². The maximum Gasteiger partial charge on any atom is 0.225 e. The van der Waals surface area contributed by atoms with E-state index in [9.17, 15) is 0 Å². The van der Waals surface area contributed by atoms with E-state index in [-0.39, 0.29) is 0 Å². The standard InChI is InChI=1S/C15H17BrN4/c16-14-4-2-12(3-5-14)13-10-18-15(19-11-13)20-8-1-6-17-7-9-20/h2-5,10-11,17H,1,6-9H2. The molecule has 0 radical (unpaired) electrons. The number of nitrogens with zero attached hydrogens (tertiary/aromatic N) is 3. The number of rotatable bonds is 2. The monoisotopic (exact) mass is 332 g/mol. The third-order valence-electron chi connectivity index (χ3n) is 3.44. The van der Waals surface area contributed by atoms with Gasteiger partial charge in [0.05, 0.1) is 0 Å². The highest BCUT2D eigenvalue weighted by molar-refractivity contribution is 9.10. The van der Waals surface area contributed by atoms with Crippen molar-refractivity contribution in [2.75, 3.05) is 31.1 Å². The van der Waals surface area contributed by atoms with Gasteiger partial charge >= 0.3 is 0 Å². The lowest BCUT2D eigenvalue weighted by Crippen LogP contribution is -2.29. The predicted octanol–water partition coefficient (Wildman–Crippen LogP) is 2.71. The second-order valence-corrected chi connectivity index (χ2v) is 5.78. The zero-order valence-corrected chi connectivity index (χ0v) is 12.8. The van der Waals surface area contributed by atoms with Gasteiger partial charge in [0.2, 0.25) is 5.95 Å². The van der Waals surface area contributed by atoms with Crippen molar-refractivity contribution in [2.45, 2.75) is 6.42 Å². The quantitative estimate of drug-likeness (QED) is 0.918. The first-order valence-corrected chi connectivity index (χ1v) is 7.66. The van der Waals surface area contributed by atoms with Crippen LogP contribution in [0.3, 0.4) is 0 Å². The molecule has 1 N–H and O–H groups in total. The Balaban J connectivity index is 1.78. The molecule has 1 aliphatic rings. The average molecular weight is 333 g/mol. The summed E-state index contributed by atoms with van der Waals surface area (Å²) < 4.78 is 1.08. The van der Waals surface area contributed by atoms with E-state index in [2.05, 4.69) is 48.2 Å². The van der Waals surface area contributed by atoms with E-state index >= 15 is 0 Å². The minimum absolute atomic E-state index is 0.828. The topological polar surface area (TPSA) is 41.1 Å². The number of hydrogen-bond donors (Lipinski definition) is 1. The molecule has 0 bridgehead atoms. The average Bonchev–Trinajstić information content (AvgIpc) is 2.77. The van der Waals surface area contributed by atoms with Crippen molar-refractivity contribution in [1.82, 2.24) is 15.3 Å². The van der Waals surface area contributed by atoms with E-state index in [0.717, 1.165) is 54.1 Å². The lowest BCUT2D eigenvalue weighted by atomic mass is 10.1. The summed E-state index contributed by atoms with van der Waals surface area (Å²) in [5.74, 6) is 0.828. The molecule has 2 aromatic rings. The van der Waals surface area contributed by atoms with Gasteiger partial charge in [-0.25, -0.2) is 9.97 Å². The largest absolute Gasteiger partial charge is 0.340 e. The van der Waals surface area contributed by atoms with Gasteiger partial charge in [-0.2, -0.15) is 0 Å². The molecular formula is C15H17BrN4. The van der Waals surface area contributed by atoms with E-state index in [0.29, 0.717) is 0 Å². The summed E-state index contributed by atoms with van der Waals surface area (Å²) in [4.78, 5) is 11.3. The van der Waals surface area contributed by atoms with Crippen LogP contribution in [-0.4, -0.2) is 36.1 Å². The van der Waals surface area contributed by atoms with E-state index in [1.165, 1.54) is 0 Å². The first-order chi connectivity index (χ1) is 9.83. The Morgan fingerprint density at radius 1 is 0.950 bits per heavy atom. The van der Waals surface area contributed by atoms with Crippen LogP contribution in [0.1, 0.15) is 6.42 Å². The molecule has 1 saturated heterocycles. The highest BCUT2D eigenvalue weighted by Gasteiger charge is 2.11. The fraction of sp³-hybridized carbons (Fsp3) is 0.333. The van der Waals surface area contributed by atoms with Crippen LogP contribution in [0.5, 0.6) is 0 Å². The maximum absolute atomic E-state index is 4.52. The molecule has 20 heavy (non-hydrogen) atoms. The van der Waals surface area contributed by atoms with Crippen LogP contribution >= 0.6 is 15.9 Å². The molecule has 0 atom stereocenters. The molecular weight excluding hydrogens is 316 g/mol. The van der Waals surface area contributed by atoms with Crippen LogP contribution in [0.25, 0.3) is 11.1 Å². The van der Waals surface area contributed by atoms with Gasteiger partial charge in [-0.05, 0) is 30.7 Å². The molecule has 1 fully saturated rings. The van der Waals surface area contributed by atoms with Gasteiger partial charge in [-0.1, -0.05) is 28.1 Å². The number of benzene rings is 1. The third kappa shape index (κ3) is 3.16. The van der Waals surface area contributed by atoms with Gasteiger partial charge < -0.3 is 10.2 Å². The highest BCUT2D eigenvalue weighted by atomic mass is 79.9. The fourth-order valence-electron chi connectivity index (χ4n) is 2.32. The first kappa shape index (κ1) is 13.5. The van der Waals surface area contributed by atoms with Crippen molar-refractivity contribution in [3.63, 3.8) is 0 Å². The molecule has 5 heteroatoms. The van der Waals surface area contributed by atoms with Crippen LogP contribution in [0.4, 0.5) is 5.95 Å². The molecule has 2 heterocycles. The van der Waals surface area contributed by atoms with Crippen LogP contribution in [0.2, 0.25) is 0 Å². The smallest absolute Gasteiger partial charge is 0.225 e. The Morgan fingerprint density at radius 3 is 2.45 bits per heavy atom. The molecule has 0 spiro atoms. The Hall–Kier alpha value is -1.46. The van der Waals surface area contributed by atoms with Crippen LogP contribution in [0, 0.1) is 0 Å². The Labute approximate surface area is 127 Å². The second-order valence-electron chi connectivity index (χ2n) is 4.87. The van der Waals surface area contributed by atoms with Crippen LogP contribution in [0.15, 0.2) is 41.1 Å². The predicted molar refractivity (Wildman–Crippen MR) is 84.9 cm³/mol. The molecule has 0 amide bonds. The summed E-state index contributed by atoms with van der Waals surface area (Å²) >= 11 is 3.45. The summed E-state index contributed by atoms with van der Waals surface area (Å²) in [6.45, 7) is 4.06. The van der Waals surface area contributed by atoms with Crippen molar-refractivity contribution in [3.8, 4) is 11.1 Å². The molecule has 0 saturated carbocycles. The first-order valence-electron chi connectivity index (χ1n) is 6.86. The van der Waals surface area contributed by atoms with Crippen LogP contribution < -0.4 is 10.2 Å². The molecule has 0 unspecified atom stereocenters. The van der Waals surface area contributed by atoms with Gasteiger partial charge in [-0.15, -0.1) is 0 Å². The summed E-state index contributed by atoms with van der Waals surface area (Å²) in [5, 5.41) is 3.39. The summed E-state index contributed by atoms with van der Waals surface area (Å²) in [7, 11) is 0. The van der Waals surface area contributed by atoms with E-state index in [1.54, 1.807) is 0 Å². The zero-order chi connectivity index (χ0) is 13.8. The number of nitrogens with one attached hydrogen (secondary N) is 1. The number of anilines is 1. The lowest BCUT2D eigenvalue weighted by Gasteiger charge is -2.19. The molecule has 4 nitrogen and oxygen atoms in total. The van der Waals surface area contributed by atoms with E-state index in [1.807, 2.05) is 24.5 Å². The summed E-state index contributed by atoms with van der Waals surface area (Å²) in [6.07, 6.45) is 4.95. The van der Waals surface area contributed by atoms with Crippen molar-refractivity contribution in [1.29, 1.82) is 0 Å². The number of aromatic nitrogens is 2. The zero-order valence-electron chi connectivity index (χ0n) is 11.2. The van der Waals surface area contributed by atoms with Gasteiger partial charge in [-0.3, -0.25) is 0 Å². The third-order valence-corrected chi connectivity index (χ3v) is 3.97. The molecule has 3 rings (SSSR count).